The Bertz CT molecular complexity index is 1010. The fourth-order valence-corrected chi connectivity index (χ4v) is 4.78. The van der Waals surface area contributed by atoms with Gasteiger partial charge in [0.05, 0.1) is 24.5 Å². The van der Waals surface area contributed by atoms with Gasteiger partial charge in [-0.1, -0.05) is 23.4 Å². The summed E-state index contributed by atoms with van der Waals surface area (Å²) in [5.41, 5.74) is 0.242. The van der Waals surface area contributed by atoms with Crippen LogP contribution in [0.4, 0.5) is 0 Å². The summed E-state index contributed by atoms with van der Waals surface area (Å²) >= 11 is 0. The molecule has 0 N–H and O–H groups in total. The first kappa shape index (κ1) is 18.9. The third kappa shape index (κ3) is 3.00. The minimum absolute atomic E-state index is 0.0359. The Labute approximate surface area is 173 Å². The number of pyridine rings is 1. The van der Waals surface area contributed by atoms with Gasteiger partial charge in [0.15, 0.2) is 5.82 Å². The Morgan fingerprint density at radius 1 is 1.43 bits per heavy atom. The number of nitrogens with zero attached hydrogens (tertiary/aromatic N) is 5. The molecule has 2 aromatic rings. The molecule has 0 unspecified atom stereocenters. The number of hydrogen-bond acceptors (Lipinski definition) is 7. The normalized spacial score (nSPS) is 28.9. The zero-order chi connectivity index (χ0) is 20.9. The summed E-state index contributed by atoms with van der Waals surface area (Å²) in [6, 6.07) is 3.79. The molecule has 156 valence electrons. The molecule has 5 heterocycles. The first-order valence-electron chi connectivity index (χ1n) is 10.1. The lowest BCUT2D eigenvalue weighted by Crippen LogP contribution is -2.45. The minimum Gasteiger partial charge on any atom is -0.360 e. The Balaban J connectivity index is 1.31. The van der Waals surface area contributed by atoms with Crippen LogP contribution in [-0.2, 0) is 27.3 Å². The topological polar surface area (TPSA) is 102 Å². The predicted molar refractivity (Wildman–Crippen MR) is 104 cm³/mol. The molecule has 2 aromatic heterocycles. The summed E-state index contributed by atoms with van der Waals surface area (Å²) in [5, 5.41) is 3.87. The number of likely N-dealkylation sites (tertiary alicyclic amines) is 1. The van der Waals surface area contributed by atoms with Crippen molar-refractivity contribution in [3.05, 3.63) is 54.0 Å². The van der Waals surface area contributed by atoms with E-state index in [1.807, 2.05) is 24.3 Å². The van der Waals surface area contributed by atoms with Crippen LogP contribution >= 0.6 is 0 Å². The molecule has 2 amide bonds. The second kappa shape index (κ2) is 7.02. The Hall–Kier alpha value is -3.07. The summed E-state index contributed by atoms with van der Waals surface area (Å²) in [4.78, 5) is 38.3. The number of amides is 2. The number of aromatic nitrogens is 3. The zero-order valence-electron chi connectivity index (χ0n) is 16.9. The molecule has 30 heavy (non-hydrogen) atoms. The number of carbonyl (C=O) groups is 2. The van der Waals surface area contributed by atoms with Gasteiger partial charge in [-0.2, -0.15) is 4.98 Å². The van der Waals surface area contributed by atoms with E-state index in [9.17, 15) is 9.59 Å². The highest BCUT2D eigenvalue weighted by atomic mass is 16.5. The van der Waals surface area contributed by atoms with Crippen molar-refractivity contribution in [3.8, 4) is 0 Å². The maximum Gasteiger partial charge on any atom is 0.230 e. The molecule has 0 aromatic carbocycles. The molecule has 0 aliphatic carbocycles. The van der Waals surface area contributed by atoms with Gasteiger partial charge in [-0.05, 0) is 11.6 Å². The molecule has 4 atom stereocenters. The standard InChI is InChI=1S/C21H23N5O4/c1-13-23-16(24-30-13)6-9-25(2)19(27)17-15-5-7-21(29-15)12-26(20(28)18(17)21)11-14-4-3-8-22-10-14/h3-5,7-8,10,15,17-18H,6,9,11-12H2,1-2H3/t15-,17+,18-,21-/m0/s1. The van der Waals surface area contributed by atoms with Gasteiger partial charge in [0.1, 0.15) is 5.60 Å². The molecule has 0 saturated carbocycles. The number of ether oxygens (including phenoxy) is 1. The molecule has 9 nitrogen and oxygen atoms in total. The second-order valence-electron chi connectivity index (χ2n) is 8.19. The number of likely N-dealkylation sites (N-methyl/N-ethyl adjacent to an activating group) is 1. The number of fused-ring (bicyclic) bond motifs is 1. The summed E-state index contributed by atoms with van der Waals surface area (Å²) in [6.07, 6.45) is 7.48. The van der Waals surface area contributed by atoms with Crippen LogP contribution in [0.5, 0.6) is 0 Å². The summed E-state index contributed by atoms with van der Waals surface area (Å²) in [7, 11) is 1.74. The van der Waals surface area contributed by atoms with Gasteiger partial charge in [-0.15, -0.1) is 0 Å². The van der Waals surface area contributed by atoms with Crippen molar-refractivity contribution in [2.24, 2.45) is 11.8 Å². The van der Waals surface area contributed by atoms with E-state index < -0.39 is 17.4 Å². The van der Waals surface area contributed by atoms with E-state index in [0.29, 0.717) is 37.8 Å². The number of hydrogen-bond donors (Lipinski definition) is 0. The average Bonchev–Trinajstić information content (AvgIpc) is 3.48. The van der Waals surface area contributed by atoms with Crippen molar-refractivity contribution in [2.75, 3.05) is 20.1 Å². The molecular weight excluding hydrogens is 386 g/mol. The van der Waals surface area contributed by atoms with Crippen molar-refractivity contribution in [1.82, 2.24) is 24.9 Å². The van der Waals surface area contributed by atoms with Gasteiger partial charge in [-0.3, -0.25) is 14.6 Å². The van der Waals surface area contributed by atoms with Crippen LogP contribution in [0.15, 0.2) is 41.2 Å². The van der Waals surface area contributed by atoms with Gasteiger partial charge in [0.25, 0.3) is 0 Å². The third-order valence-corrected chi connectivity index (χ3v) is 6.18. The van der Waals surface area contributed by atoms with Crippen molar-refractivity contribution < 1.29 is 18.8 Å². The molecule has 3 aliphatic heterocycles. The smallest absolute Gasteiger partial charge is 0.230 e. The van der Waals surface area contributed by atoms with Crippen LogP contribution in [-0.4, -0.2) is 68.6 Å². The lowest BCUT2D eigenvalue weighted by Gasteiger charge is -2.27. The maximum absolute atomic E-state index is 13.3. The number of aryl methyl sites for hydroxylation is 1. The van der Waals surface area contributed by atoms with E-state index in [-0.39, 0.29) is 17.9 Å². The summed E-state index contributed by atoms with van der Waals surface area (Å²) < 4.78 is 11.2. The van der Waals surface area contributed by atoms with E-state index in [0.717, 1.165) is 5.56 Å². The second-order valence-corrected chi connectivity index (χ2v) is 8.19. The molecule has 2 saturated heterocycles. The zero-order valence-corrected chi connectivity index (χ0v) is 16.9. The van der Waals surface area contributed by atoms with Crippen molar-refractivity contribution >= 4 is 11.8 Å². The molecule has 9 heteroatoms. The van der Waals surface area contributed by atoms with Gasteiger partial charge >= 0.3 is 0 Å². The van der Waals surface area contributed by atoms with Crippen molar-refractivity contribution in [3.63, 3.8) is 0 Å². The number of carbonyl (C=O) groups excluding carboxylic acids is 2. The molecule has 1 spiro atoms. The van der Waals surface area contributed by atoms with Crippen LogP contribution in [0, 0.1) is 18.8 Å². The highest BCUT2D eigenvalue weighted by Crippen LogP contribution is 2.52. The van der Waals surface area contributed by atoms with E-state index in [4.69, 9.17) is 9.26 Å². The van der Waals surface area contributed by atoms with E-state index in [1.165, 1.54) is 0 Å². The lowest BCUT2D eigenvalue weighted by molar-refractivity contribution is -0.142. The Kier molecular flexibility index (Phi) is 4.43. The molecule has 0 radical (unpaired) electrons. The van der Waals surface area contributed by atoms with E-state index in [1.54, 1.807) is 36.2 Å². The fourth-order valence-electron chi connectivity index (χ4n) is 4.78. The van der Waals surface area contributed by atoms with Crippen LogP contribution < -0.4 is 0 Å². The van der Waals surface area contributed by atoms with Gasteiger partial charge in [-0.25, -0.2) is 0 Å². The quantitative estimate of drug-likeness (QED) is 0.649. The van der Waals surface area contributed by atoms with Crippen molar-refractivity contribution in [2.45, 2.75) is 31.6 Å². The van der Waals surface area contributed by atoms with Crippen LogP contribution in [0.1, 0.15) is 17.3 Å². The van der Waals surface area contributed by atoms with Crippen LogP contribution in [0.2, 0.25) is 0 Å². The Morgan fingerprint density at radius 3 is 3.03 bits per heavy atom. The fraction of sp³-hybridized carbons (Fsp3) is 0.476. The monoisotopic (exact) mass is 409 g/mol. The Morgan fingerprint density at radius 2 is 2.30 bits per heavy atom. The first-order chi connectivity index (χ1) is 14.5. The largest absolute Gasteiger partial charge is 0.360 e. The summed E-state index contributed by atoms with van der Waals surface area (Å²) in [6.45, 7) is 3.08. The lowest BCUT2D eigenvalue weighted by atomic mass is 9.76. The van der Waals surface area contributed by atoms with E-state index in [2.05, 4.69) is 15.1 Å². The molecular formula is C21H23N5O4. The SMILES string of the molecule is Cc1nc(CCN(C)C(=O)[C@@H]2[C@@H]3C=C[C@@]4(CN(Cc5cccnc5)C(=O)[C@H]24)O3)no1. The van der Waals surface area contributed by atoms with Crippen molar-refractivity contribution in [1.29, 1.82) is 0 Å². The highest BCUT2D eigenvalue weighted by Gasteiger charge is 2.67. The van der Waals surface area contributed by atoms with Crippen LogP contribution in [0.3, 0.4) is 0 Å². The predicted octanol–water partition coefficient (Wildman–Crippen LogP) is 0.756. The third-order valence-electron chi connectivity index (χ3n) is 6.18. The molecule has 3 aliphatic rings. The first-order valence-corrected chi connectivity index (χ1v) is 10.1. The van der Waals surface area contributed by atoms with Crippen LogP contribution in [0.25, 0.3) is 0 Å². The van der Waals surface area contributed by atoms with Gasteiger partial charge < -0.3 is 19.1 Å². The molecule has 5 rings (SSSR count). The van der Waals surface area contributed by atoms with E-state index >= 15 is 0 Å². The molecule has 2 fully saturated rings. The average molecular weight is 409 g/mol. The molecule has 2 bridgehead atoms. The van der Waals surface area contributed by atoms with Gasteiger partial charge in [0.2, 0.25) is 17.7 Å². The van der Waals surface area contributed by atoms with Gasteiger partial charge in [0, 0.05) is 45.9 Å². The summed E-state index contributed by atoms with van der Waals surface area (Å²) in [5.74, 6) is -0.0747. The number of rotatable bonds is 6. The highest BCUT2D eigenvalue weighted by molar-refractivity contribution is 5.93. The maximum atomic E-state index is 13.3. The minimum atomic E-state index is -0.712.